The summed E-state index contributed by atoms with van der Waals surface area (Å²) >= 11 is 0. The highest BCUT2D eigenvalue weighted by Crippen LogP contribution is 2.51. The molecule has 24 heavy (non-hydrogen) atoms. The molecule has 0 radical (unpaired) electrons. The van der Waals surface area contributed by atoms with Crippen molar-refractivity contribution in [2.45, 2.75) is 38.1 Å². The van der Waals surface area contributed by atoms with E-state index in [2.05, 4.69) is 17.4 Å². The van der Waals surface area contributed by atoms with E-state index in [1.54, 1.807) is 0 Å². The molecule has 3 aliphatic rings. The van der Waals surface area contributed by atoms with Crippen LogP contribution in [0.25, 0.3) is 0 Å². The van der Waals surface area contributed by atoms with Gasteiger partial charge >= 0.3 is 0 Å². The smallest absolute Gasteiger partial charge is 0.228 e. The zero-order valence-electron chi connectivity index (χ0n) is 14.0. The highest BCUT2D eigenvalue weighted by atomic mass is 16.2. The lowest BCUT2D eigenvalue weighted by molar-refractivity contribution is -0.149. The fraction of sp³-hybridized carbons (Fsp3) is 0.579. The van der Waals surface area contributed by atoms with Crippen molar-refractivity contribution in [1.82, 2.24) is 10.2 Å². The Balaban J connectivity index is 1.54. The summed E-state index contributed by atoms with van der Waals surface area (Å²) in [4.78, 5) is 27.0. The summed E-state index contributed by atoms with van der Waals surface area (Å²) in [6.45, 7) is 1.76. The summed E-state index contributed by atoms with van der Waals surface area (Å²) < 4.78 is 0. The maximum atomic E-state index is 13.2. The van der Waals surface area contributed by atoms with Gasteiger partial charge in [0, 0.05) is 32.1 Å². The van der Waals surface area contributed by atoms with Gasteiger partial charge in [0.25, 0.3) is 0 Å². The minimum absolute atomic E-state index is 0.0858. The van der Waals surface area contributed by atoms with Gasteiger partial charge < -0.3 is 16.0 Å². The average molecular weight is 327 g/mol. The summed E-state index contributed by atoms with van der Waals surface area (Å²) in [5.74, 6) is 0.189. The van der Waals surface area contributed by atoms with Crippen molar-refractivity contribution in [3.63, 3.8) is 0 Å². The molecule has 3 N–H and O–H groups in total. The van der Waals surface area contributed by atoms with Gasteiger partial charge in [-0.25, -0.2) is 0 Å². The van der Waals surface area contributed by atoms with Gasteiger partial charge in [-0.15, -0.1) is 0 Å². The van der Waals surface area contributed by atoms with Crippen LogP contribution in [0.3, 0.4) is 0 Å². The first-order valence-corrected chi connectivity index (χ1v) is 8.98. The van der Waals surface area contributed by atoms with Crippen LogP contribution in [-0.4, -0.2) is 36.3 Å². The van der Waals surface area contributed by atoms with Crippen LogP contribution in [0.2, 0.25) is 0 Å². The highest BCUT2D eigenvalue weighted by Gasteiger charge is 2.51. The Morgan fingerprint density at radius 3 is 2.83 bits per heavy atom. The van der Waals surface area contributed by atoms with Crippen molar-refractivity contribution in [3.8, 4) is 0 Å². The van der Waals surface area contributed by atoms with E-state index in [0.717, 1.165) is 31.2 Å². The molecule has 0 aromatic heterocycles. The lowest BCUT2D eigenvalue weighted by atomic mass is 9.57. The number of carbonyl (C=O) groups excluding carboxylic acids is 2. The number of hydrogen-bond donors (Lipinski definition) is 2. The molecule has 1 aliphatic carbocycles. The van der Waals surface area contributed by atoms with E-state index < -0.39 is 0 Å². The van der Waals surface area contributed by atoms with Gasteiger partial charge in [-0.05, 0) is 35.8 Å². The molecule has 2 fully saturated rings. The summed E-state index contributed by atoms with van der Waals surface area (Å²) in [7, 11) is 0. The molecule has 5 nitrogen and oxygen atoms in total. The first kappa shape index (κ1) is 15.6. The van der Waals surface area contributed by atoms with Crippen LogP contribution in [-0.2, 0) is 16.0 Å². The zero-order valence-corrected chi connectivity index (χ0v) is 14.0. The quantitative estimate of drug-likeness (QED) is 0.818. The van der Waals surface area contributed by atoms with E-state index in [4.69, 9.17) is 5.73 Å². The maximum absolute atomic E-state index is 13.2. The lowest BCUT2D eigenvalue weighted by Crippen LogP contribution is -2.57. The number of piperidine rings is 1. The van der Waals surface area contributed by atoms with Crippen molar-refractivity contribution < 1.29 is 9.59 Å². The molecule has 1 saturated heterocycles. The molecule has 5 heteroatoms. The maximum Gasteiger partial charge on any atom is 0.228 e. The number of nitrogens with one attached hydrogen (secondary N) is 1. The molecule has 128 valence electrons. The third-order valence-corrected chi connectivity index (χ3v) is 6.24. The predicted molar refractivity (Wildman–Crippen MR) is 91.1 cm³/mol. The number of amides is 2. The number of hydrogen-bond acceptors (Lipinski definition) is 3. The topological polar surface area (TPSA) is 75.4 Å². The fourth-order valence-corrected chi connectivity index (χ4v) is 4.67. The second kappa shape index (κ2) is 5.88. The summed E-state index contributed by atoms with van der Waals surface area (Å²) in [6, 6.07) is 8.09. The minimum Gasteiger partial charge on any atom is -0.355 e. The van der Waals surface area contributed by atoms with Crippen molar-refractivity contribution in [2.24, 2.45) is 17.1 Å². The van der Waals surface area contributed by atoms with E-state index in [1.807, 2.05) is 17.0 Å². The summed E-state index contributed by atoms with van der Waals surface area (Å²) in [5, 5.41) is 2.90. The SMILES string of the molecule is NC1CN(C(=O)C2CNC(=O)CC23CCC3)CCc2ccccc21. The fourth-order valence-electron chi connectivity index (χ4n) is 4.67. The first-order valence-electron chi connectivity index (χ1n) is 8.98. The molecule has 0 bridgehead atoms. The van der Waals surface area contributed by atoms with Crippen LogP contribution in [0.1, 0.15) is 42.9 Å². The third kappa shape index (κ3) is 2.51. The average Bonchev–Trinajstić information content (AvgIpc) is 2.72. The van der Waals surface area contributed by atoms with Crippen molar-refractivity contribution in [3.05, 3.63) is 35.4 Å². The minimum atomic E-state index is -0.136. The van der Waals surface area contributed by atoms with Crippen LogP contribution < -0.4 is 11.1 Å². The number of nitrogens with two attached hydrogens (primary N) is 1. The van der Waals surface area contributed by atoms with Crippen molar-refractivity contribution >= 4 is 11.8 Å². The highest BCUT2D eigenvalue weighted by molar-refractivity contribution is 5.85. The standard InChI is InChI=1S/C19H25N3O2/c20-16-12-22(9-6-13-4-1-2-5-14(13)16)18(24)15-11-21-17(23)10-19(15)7-3-8-19/h1-2,4-5,15-16H,3,6-12,20H2,(H,21,23). The molecule has 2 heterocycles. The molecule has 1 aromatic carbocycles. The van der Waals surface area contributed by atoms with Crippen molar-refractivity contribution in [1.29, 1.82) is 0 Å². The molecule has 1 spiro atoms. The van der Waals surface area contributed by atoms with Crippen LogP contribution in [0.5, 0.6) is 0 Å². The van der Waals surface area contributed by atoms with Gasteiger partial charge in [0.2, 0.25) is 11.8 Å². The molecule has 2 unspecified atom stereocenters. The monoisotopic (exact) mass is 327 g/mol. The second-order valence-corrected chi connectivity index (χ2v) is 7.59. The van der Waals surface area contributed by atoms with Gasteiger partial charge in [0.05, 0.1) is 5.92 Å². The normalized spacial score (nSPS) is 28.5. The Kier molecular flexibility index (Phi) is 3.83. The van der Waals surface area contributed by atoms with Gasteiger partial charge in [0.1, 0.15) is 0 Å². The van der Waals surface area contributed by atoms with Gasteiger partial charge in [-0.3, -0.25) is 9.59 Å². The van der Waals surface area contributed by atoms with E-state index in [1.165, 1.54) is 5.56 Å². The predicted octanol–water partition coefficient (Wildman–Crippen LogP) is 1.38. The molecule has 2 aliphatic heterocycles. The Hall–Kier alpha value is -1.88. The Labute approximate surface area is 142 Å². The van der Waals surface area contributed by atoms with E-state index in [0.29, 0.717) is 26.1 Å². The molecule has 1 aromatic rings. The van der Waals surface area contributed by atoms with Crippen LogP contribution in [0.4, 0.5) is 0 Å². The van der Waals surface area contributed by atoms with E-state index >= 15 is 0 Å². The number of nitrogens with zero attached hydrogens (tertiary/aromatic N) is 1. The van der Waals surface area contributed by atoms with Crippen LogP contribution in [0.15, 0.2) is 24.3 Å². The molecular formula is C19H25N3O2. The van der Waals surface area contributed by atoms with Crippen LogP contribution in [0, 0.1) is 11.3 Å². The molecule has 4 rings (SSSR count). The first-order chi connectivity index (χ1) is 11.6. The second-order valence-electron chi connectivity index (χ2n) is 7.59. The Bertz CT molecular complexity index is 668. The van der Waals surface area contributed by atoms with E-state index in [9.17, 15) is 9.59 Å². The third-order valence-electron chi connectivity index (χ3n) is 6.24. The van der Waals surface area contributed by atoms with Gasteiger partial charge in [-0.2, -0.15) is 0 Å². The van der Waals surface area contributed by atoms with Gasteiger partial charge in [0.15, 0.2) is 0 Å². The Morgan fingerprint density at radius 2 is 2.08 bits per heavy atom. The number of fused-ring (bicyclic) bond motifs is 1. The van der Waals surface area contributed by atoms with Crippen molar-refractivity contribution in [2.75, 3.05) is 19.6 Å². The number of rotatable bonds is 1. The molecule has 1 saturated carbocycles. The zero-order chi connectivity index (χ0) is 16.7. The summed E-state index contributed by atoms with van der Waals surface area (Å²) in [5.41, 5.74) is 8.68. The number of carbonyl (C=O) groups is 2. The number of benzene rings is 1. The molecule has 2 atom stereocenters. The largest absolute Gasteiger partial charge is 0.355 e. The van der Waals surface area contributed by atoms with E-state index in [-0.39, 0.29) is 29.2 Å². The Morgan fingerprint density at radius 1 is 1.29 bits per heavy atom. The lowest BCUT2D eigenvalue weighted by Gasteiger charge is -2.50. The molecule has 2 amide bonds. The summed E-state index contributed by atoms with van der Waals surface area (Å²) in [6.07, 6.45) is 4.47. The van der Waals surface area contributed by atoms with Gasteiger partial charge in [-0.1, -0.05) is 30.7 Å². The molecular weight excluding hydrogens is 302 g/mol. The van der Waals surface area contributed by atoms with Crippen LogP contribution >= 0.6 is 0 Å².